The van der Waals surface area contributed by atoms with Gasteiger partial charge < -0.3 is 15.0 Å². The quantitative estimate of drug-likeness (QED) is 0.907. The molecule has 2 bridgehead atoms. The van der Waals surface area contributed by atoms with Gasteiger partial charge in [0.2, 0.25) is 0 Å². The Morgan fingerprint density at radius 1 is 1.24 bits per heavy atom. The number of nitrogens with one attached hydrogen (secondary N) is 1. The van der Waals surface area contributed by atoms with Gasteiger partial charge in [0, 0.05) is 36.5 Å². The van der Waals surface area contributed by atoms with E-state index in [4.69, 9.17) is 9.72 Å². The predicted molar refractivity (Wildman–Crippen MR) is 86.2 cm³/mol. The molecule has 2 unspecified atom stereocenters. The summed E-state index contributed by atoms with van der Waals surface area (Å²) in [6.45, 7) is 7.45. The van der Waals surface area contributed by atoms with Crippen LogP contribution in [0.5, 0.6) is 0 Å². The lowest BCUT2D eigenvalue weighted by Gasteiger charge is -2.31. The lowest BCUT2D eigenvalue weighted by Crippen LogP contribution is -2.42. The molecule has 0 amide bonds. The van der Waals surface area contributed by atoms with E-state index in [-0.39, 0.29) is 0 Å². The SMILES string of the molecule is CC(C)NCc1sc(N2CC3CCC(C2)O3)nc1C1CC1. The summed E-state index contributed by atoms with van der Waals surface area (Å²) in [7, 11) is 0. The van der Waals surface area contributed by atoms with Crippen molar-refractivity contribution in [3.8, 4) is 0 Å². The van der Waals surface area contributed by atoms with Crippen LogP contribution < -0.4 is 10.2 Å². The lowest BCUT2D eigenvalue weighted by molar-refractivity contribution is 0.0305. The number of aromatic nitrogens is 1. The first-order valence-corrected chi connectivity index (χ1v) is 9.14. The van der Waals surface area contributed by atoms with Crippen LogP contribution in [0.25, 0.3) is 0 Å². The highest BCUT2D eigenvalue weighted by atomic mass is 32.1. The second-order valence-corrected chi connectivity index (χ2v) is 8.04. The molecule has 0 spiro atoms. The zero-order valence-corrected chi connectivity index (χ0v) is 13.8. The van der Waals surface area contributed by atoms with Crippen LogP contribution in [-0.2, 0) is 11.3 Å². The Balaban J connectivity index is 1.53. The van der Waals surface area contributed by atoms with Crippen molar-refractivity contribution in [3.05, 3.63) is 10.6 Å². The van der Waals surface area contributed by atoms with Crippen LogP contribution in [0.3, 0.4) is 0 Å². The molecule has 4 rings (SSSR count). The molecule has 1 aromatic rings. The Hall–Kier alpha value is -0.650. The van der Waals surface area contributed by atoms with Gasteiger partial charge in [-0.3, -0.25) is 0 Å². The fraction of sp³-hybridized carbons (Fsp3) is 0.812. The Bertz CT molecular complexity index is 500. The van der Waals surface area contributed by atoms with Gasteiger partial charge in [-0.25, -0.2) is 4.98 Å². The number of rotatable bonds is 5. The topological polar surface area (TPSA) is 37.4 Å². The van der Waals surface area contributed by atoms with E-state index in [1.165, 1.54) is 41.4 Å². The minimum absolute atomic E-state index is 0.439. The normalized spacial score (nSPS) is 28.6. The first-order chi connectivity index (χ1) is 10.2. The third-order valence-corrected chi connectivity index (χ3v) is 5.80. The van der Waals surface area contributed by atoms with Crippen LogP contribution in [0.1, 0.15) is 56.0 Å². The molecule has 1 aromatic heterocycles. The second kappa shape index (κ2) is 5.52. The summed E-state index contributed by atoms with van der Waals surface area (Å²) in [6.07, 6.45) is 5.98. The van der Waals surface area contributed by atoms with E-state index < -0.39 is 0 Å². The minimum Gasteiger partial charge on any atom is -0.371 e. The summed E-state index contributed by atoms with van der Waals surface area (Å²) in [4.78, 5) is 8.95. The van der Waals surface area contributed by atoms with Gasteiger partial charge in [0.25, 0.3) is 0 Å². The van der Waals surface area contributed by atoms with Crippen LogP contribution >= 0.6 is 11.3 Å². The Morgan fingerprint density at radius 3 is 2.57 bits per heavy atom. The summed E-state index contributed by atoms with van der Waals surface area (Å²) >= 11 is 1.90. The lowest BCUT2D eigenvalue weighted by atomic mass is 10.2. The van der Waals surface area contributed by atoms with Crippen molar-refractivity contribution in [2.75, 3.05) is 18.0 Å². The van der Waals surface area contributed by atoms with Crippen LogP contribution in [0.15, 0.2) is 0 Å². The van der Waals surface area contributed by atoms with Crippen LogP contribution in [0.4, 0.5) is 5.13 Å². The van der Waals surface area contributed by atoms with Crippen LogP contribution in [0, 0.1) is 0 Å². The van der Waals surface area contributed by atoms with Gasteiger partial charge in [-0.05, 0) is 25.7 Å². The molecular weight excluding hydrogens is 282 g/mol. The van der Waals surface area contributed by atoms with Gasteiger partial charge in [-0.15, -0.1) is 11.3 Å². The van der Waals surface area contributed by atoms with E-state index >= 15 is 0 Å². The molecule has 3 heterocycles. The zero-order valence-electron chi connectivity index (χ0n) is 13.0. The first kappa shape index (κ1) is 14.0. The highest BCUT2D eigenvalue weighted by Gasteiger charge is 2.36. The smallest absolute Gasteiger partial charge is 0.186 e. The maximum atomic E-state index is 5.95. The molecule has 4 nitrogen and oxygen atoms in total. The van der Waals surface area contributed by atoms with E-state index in [1.807, 2.05) is 11.3 Å². The monoisotopic (exact) mass is 307 g/mol. The molecule has 3 fully saturated rings. The number of ether oxygens (including phenoxy) is 1. The predicted octanol–water partition coefficient (Wildman–Crippen LogP) is 2.89. The maximum Gasteiger partial charge on any atom is 0.186 e. The summed E-state index contributed by atoms with van der Waals surface area (Å²) in [5, 5.41) is 4.79. The highest BCUT2D eigenvalue weighted by Crippen LogP contribution is 2.44. The molecule has 1 saturated carbocycles. The van der Waals surface area contributed by atoms with Crippen LogP contribution in [0.2, 0.25) is 0 Å². The highest BCUT2D eigenvalue weighted by molar-refractivity contribution is 7.15. The third-order valence-electron chi connectivity index (χ3n) is 4.67. The number of nitrogens with zero attached hydrogens (tertiary/aromatic N) is 2. The molecule has 2 saturated heterocycles. The van der Waals surface area contributed by atoms with E-state index in [1.54, 1.807) is 0 Å². The van der Waals surface area contributed by atoms with Crippen LogP contribution in [-0.4, -0.2) is 36.3 Å². The number of fused-ring (bicyclic) bond motifs is 2. The van der Waals surface area contributed by atoms with Gasteiger partial charge >= 0.3 is 0 Å². The Kier molecular flexibility index (Phi) is 3.67. The second-order valence-electron chi connectivity index (χ2n) is 6.98. The van der Waals surface area contributed by atoms with Crippen molar-refractivity contribution in [1.29, 1.82) is 0 Å². The molecule has 1 aliphatic carbocycles. The fourth-order valence-electron chi connectivity index (χ4n) is 3.36. The average Bonchev–Trinajstić information content (AvgIpc) is 3.13. The average molecular weight is 307 g/mol. The fourth-order valence-corrected chi connectivity index (χ4v) is 4.47. The molecule has 2 aliphatic heterocycles. The van der Waals surface area contributed by atoms with Crippen molar-refractivity contribution >= 4 is 16.5 Å². The number of anilines is 1. The van der Waals surface area contributed by atoms with Gasteiger partial charge in [0.15, 0.2) is 5.13 Å². The summed E-state index contributed by atoms with van der Waals surface area (Å²) in [5.74, 6) is 0.733. The van der Waals surface area contributed by atoms with Crippen molar-refractivity contribution in [1.82, 2.24) is 10.3 Å². The molecule has 2 atom stereocenters. The molecule has 21 heavy (non-hydrogen) atoms. The van der Waals surface area contributed by atoms with Crippen molar-refractivity contribution < 1.29 is 4.74 Å². The summed E-state index contributed by atoms with van der Waals surface area (Å²) < 4.78 is 5.95. The number of morpholine rings is 1. The number of hydrogen-bond acceptors (Lipinski definition) is 5. The molecule has 0 aromatic carbocycles. The molecular formula is C16H25N3OS. The van der Waals surface area contributed by atoms with Gasteiger partial charge in [-0.2, -0.15) is 0 Å². The summed E-state index contributed by atoms with van der Waals surface area (Å²) in [6, 6.07) is 0.529. The molecule has 1 N–H and O–H groups in total. The standard InChI is InChI=1S/C16H25N3OS/c1-10(2)17-7-14-15(11-3-4-11)18-16(21-14)19-8-12-5-6-13(9-19)20-12/h10-13,17H,3-9H2,1-2H3. The number of hydrogen-bond donors (Lipinski definition) is 1. The van der Waals surface area contributed by atoms with Gasteiger partial charge in [0.05, 0.1) is 17.9 Å². The van der Waals surface area contributed by atoms with Crippen molar-refractivity contribution in [3.63, 3.8) is 0 Å². The van der Waals surface area contributed by atoms with E-state index in [0.29, 0.717) is 18.2 Å². The number of thiazole rings is 1. The van der Waals surface area contributed by atoms with Gasteiger partial charge in [-0.1, -0.05) is 13.8 Å². The van der Waals surface area contributed by atoms with E-state index in [2.05, 4.69) is 24.1 Å². The summed E-state index contributed by atoms with van der Waals surface area (Å²) in [5.41, 5.74) is 1.38. The van der Waals surface area contributed by atoms with Gasteiger partial charge in [0.1, 0.15) is 0 Å². The van der Waals surface area contributed by atoms with E-state index in [9.17, 15) is 0 Å². The maximum absolute atomic E-state index is 5.95. The molecule has 5 heteroatoms. The first-order valence-electron chi connectivity index (χ1n) is 8.32. The van der Waals surface area contributed by atoms with E-state index in [0.717, 1.165) is 25.6 Å². The largest absolute Gasteiger partial charge is 0.371 e. The minimum atomic E-state index is 0.439. The molecule has 0 radical (unpaired) electrons. The van der Waals surface area contributed by atoms with Crippen molar-refractivity contribution in [2.24, 2.45) is 0 Å². The Morgan fingerprint density at radius 2 is 1.95 bits per heavy atom. The Labute approximate surface area is 130 Å². The zero-order chi connectivity index (χ0) is 14.4. The van der Waals surface area contributed by atoms with Crippen molar-refractivity contribution in [2.45, 2.75) is 70.2 Å². The third kappa shape index (κ3) is 2.96. The molecule has 3 aliphatic rings. The molecule has 116 valence electrons.